The Morgan fingerprint density at radius 3 is 2.72 bits per heavy atom. The molecule has 0 saturated carbocycles. The van der Waals surface area contributed by atoms with Crippen molar-refractivity contribution in [2.75, 3.05) is 5.32 Å². The van der Waals surface area contributed by atoms with Gasteiger partial charge in [-0.2, -0.15) is 0 Å². The summed E-state index contributed by atoms with van der Waals surface area (Å²) in [6.45, 7) is 0. The number of anilines is 1. The van der Waals surface area contributed by atoms with E-state index in [1.807, 2.05) is 0 Å². The Balaban J connectivity index is 2.61. The number of carboxylic acids is 1. The number of amides is 1. The first kappa shape index (κ1) is 15.0. The van der Waals surface area contributed by atoms with Gasteiger partial charge in [-0.3, -0.25) is 9.59 Å². The van der Waals surface area contributed by atoms with Crippen LogP contribution in [0.15, 0.2) is 15.4 Å². The summed E-state index contributed by atoms with van der Waals surface area (Å²) in [6.07, 6.45) is 1.31. The van der Waals surface area contributed by atoms with Crippen LogP contribution >= 0.6 is 31.9 Å². The van der Waals surface area contributed by atoms with Gasteiger partial charge in [0.05, 0.1) is 12.2 Å². The Labute approximate surface area is 119 Å². The number of carboxylic acid groups (broad SMARTS) is 1. The van der Waals surface area contributed by atoms with E-state index < -0.39 is 17.9 Å². The van der Waals surface area contributed by atoms with Gasteiger partial charge < -0.3 is 16.2 Å². The molecule has 1 rings (SSSR count). The van der Waals surface area contributed by atoms with Gasteiger partial charge in [-0.25, -0.2) is 9.97 Å². The maximum Gasteiger partial charge on any atom is 0.303 e. The number of nitrogens with two attached hydrogens (primary N) is 1. The number of carbonyl (C=O) groups is 2. The van der Waals surface area contributed by atoms with Gasteiger partial charge in [0.1, 0.15) is 9.21 Å². The summed E-state index contributed by atoms with van der Waals surface area (Å²) in [7, 11) is 0. The molecule has 18 heavy (non-hydrogen) atoms. The highest BCUT2D eigenvalue weighted by molar-refractivity contribution is 9.11. The largest absolute Gasteiger partial charge is 0.481 e. The molecule has 1 aromatic rings. The smallest absolute Gasteiger partial charge is 0.303 e. The molecular formula is C9H10Br2N4O3. The lowest BCUT2D eigenvalue weighted by Crippen LogP contribution is -2.36. The minimum absolute atomic E-state index is 0.0583. The van der Waals surface area contributed by atoms with Crippen LogP contribution in [0, 0.1) is 0 Å². The maximum absolute atomic E-state index is 11.6. The molecule has 0 aromatic carbocycles. The van der Waals surface area contributed by atoms with Gasteiger partial charge >= 0.3 is 5.97 Å². The SMILES string of the molecule is NC(CCC(=O)O)C(=O)Nc1ncc(Br)nc1Br. The second-order valence-corrected chi connectivity index (χ2v) is 4.92. The average molecular weight is 382 g/mol. The Morgan fingerprint density at radius 2 is 2.17 bits per heavy atom. The predicted molar refractivity (Wildman–Crippen MR) is 70.9 cm³/mol. The molecule has 9 heteroatoms. The summed E-state index contributed by atoms with van der Waals surface area (Å²) in [5.41, 5.74) is 5.55. The molecule has 0 bridgehead atoms. The molecule has 0 aliphatic rings. The van der Waals surface area contributed by atoms with Crippen LogP contribution in [0.4, 0.5) is 5.82 Å². The standard InChI is InChI=1S/C9H10Br2N4O3/c10-5-3-13-8(7(11)14-5)15-9(18)4(12)1-2-6(16)17/h3-4H,1-2,12H2,(H,16,17)(H,13,15,18). The van der Waals surface area contributed by atoms with E-state index in [0.717, 1.165) is 0 Å². The summed E-state index contributed by atoms with van der Waals surface area (Å²) < 4.78 is 0.873. The first-order valence-corrected chi connectivity index (χ1v) is 6.45. The van der Waals surface area contributed by atoms with Crippen molar-refractivity contribution in [3.05, 3.63) is 15.4 Å². The monoisotopic (exact) mass is 380 g/mol. The predicted octanol–water partition coefficient (Wildman–Crippen LogP) is 1.13. The van der Waals surface area contributed by atoms with E-state index in [4.69, 9.17) is 10.8 Å². The van der Waals surface area contributed by atoms with Gasteiger partial charge in [0.2, 0.25) is 5.91 Å². The van der Waals surface area contributed by atoms with E-state index in [0.29, 0.717) is 9.21 Å². The molecule has 1 aromatic heterocycles. The third-order valence-electron chi connectivity index (χ3n) is 1.95. The highest BCUT2D eigenvalue weighted by atomic mass is 79.9. The molecule has 0 aliphatic carbocycles. The van der Waals surface area contributed by atoms with Crippen LogP contribution in [0.5, 0.6) is 0 Å². The van der Waals surface area contributed by atoms with Crippen molar-refractivity contribution >= 4 is 49.6 Å². The fraction of sp³-hybridized carbons (Fsp3) is 0.333. The molecule has 4 N–H and O–H groups in total. The van der Waals surface area contributed by atoms with Crippen molar-refractivity contribution in [2.45, 2.75) is 18.9 Å². The van der Waals surface area contributed by atoms with E-state index in [2.05, 4.69) is 47.1 Å². The van der Waals surface area contributed by atoms with Crippen LogP contribution in [-0.2, 0) is 9.59 Å². The van der Waals surface area contributed by atoms with Crippen LogP contribution in [0.1, 0.15) is 12.8 Å². The number of nitrogens with one attached hydrogen (secondary N) is 1. The Bertz CT molecular complexity index is 469. The van der Waals surface area contributed by atoms with Gasteiger partial charge in [0.25, 0.3) is 0 Å². The van der Waals surface area contributed by atoms with Crippen molar-refractivity contribution in [2.24, 2.45) is 5.73 Å². The Kier molecular flexibility index (Phi) is 5.63. The van der Waals surface area contributed by atoms with Gasteiger partial charge in [-0.1, -0.05) is 0 Å². The van der Waals surface area contributed by atoms with Crippen LogP contribution in [0.25, 0.3) is 0 Å². The molecule has 7 nitrogen and oxygen atoms in total. The maximum atomic E-state index is 11.6. The van der Waals surface area contributed by atoms with Gasteiger partial charge in [0, 0.05) is 6.42 Å². The molecule has 1 amide bonds. The molecule has 0 spiro atoms. The molecule has 1 unspecified atom stereocenters. The zero-order chi connectivity index (χ0) is 13.7. The summed E-state index contributed by atoms with van der Waals surface area (Å²) in [6, 6.07) is -0.904. The van der Waals surface area contributed by atoms with Crippen molar-refractivity contribution in [1.29, 1.82) is 0 Å². The third-order valence-corrected chi connectivity index (χ3v) is 2.88. The number of nitrogens with zero attached hydrogens (tertiary/aromatic N) is 2. The lowest BCUT2D eigenvalue weighted by Gasteiger charge is -2.11. The fourth-order valence-electron chi connectivity index (χ4n) is 1.05. The highest BCUT2D eigenvalue weighted by Gasteiger charge is 2.17. The topological polar surface area (TPSA) is 118 Å². The molecule has 1 atom stereocenters. The number of halogens is 2. The highest BCUT2D eigenvalue weighted by Crippen LogP contribution is 2.19. The second kappa shape index (κ2) is 6.76. The molecule has 1 heterocycles. The first-order chi connectivity index (χ1) is 8.40. The van der Waals surface area contributed by atoms with E-state index in [1.165, 1.54) is 6.20 Å². The molecule has 0 radical (unpaired) electrons. The normalized spacial score (nSPS) is 11.9. The molecule has 0 saturated heterocycles. The summed E-state index contributed by atoms with van der Waals surface area (Å²) >= 11 is 6.26. The van der Waals surface area contributed by atoms with E-state index in [-0.39, 0.29) is 18.7 Å². The summed E-state index contributed by atoms with van der Waals surface area (Å²) in [4.78, 5) is 29.9. The van der Waals surface area contributed by atoms with Gasteiger partial charge in [-0.05, 0) is 38.3 Å². The van der Waals surface area contributed by atoms with E-state index in [1.54, 1.807) is 0 Å². The number of carbonyl (C=O) groups excluding carboxylic acids is 1. The third kappa shape index (κ3) is 4.67. The first-order valence-electron chi connectivity index (χ1n) is 4.86. The molecular weight excluding hydrogens is 372 g/mol. The minimum atomic E-state index is -0.997. The fourth-order valence-corrected chi connectivity index (χ4v) is 1.96. The zero-order valence-corrected chi connectivity index (χ0v) is 12.2. The van der Waals surface area contributed by atoms with Crippen molar-refractivity contribution < 1.29 is 14.7 Å². The number of rotatable bonds is 5. The average Bonchev–Trinajstić information content (AvgIpc) is 2.29. The molecule has 0 aliphatic heterocycles. The van der Waals surface area contributed by atoms with Crippen LogP contribution < -0.4 is 11.1 Å². The van der Waals surface area contributed by atoms with Gasteiger partial charge in [-0.15, -0.1) is 0 Å². The zero-order valence-electron chi connectivity index (χ0n) is 9.06. The van der Waals surface area contributed by atoms with E-state index >= 15 is 0 Å². The Hall–Kier alpha value is -1.06. The quantitative estimate of drug-likeness (QED) is 0.703. The van der Waals surface area contributed by atoms with Crippen LogP contribution in [-0.4, -0.2) is 33.0 Å². The van der Waals surface area contributed by atoms with Gasteiger partial charge in [0.15, 0.2) is 5.82 Å². The lowest BCUT2D eigenvalue weighted by molar-refractivity contribution is -0.137. The lowest BCUT2D eigenvalue weighted by atomic mass is 10.1. The summed E-state index contributed by atoms with van der Waals surface area (Å²) in [5, 5.41) is 10.9. The van der Waals surface area contributed by atoms with Crippen molar-refractivity contribution in [3.8, 4) is 0 Å². The van der Waals surface area contributed by atoms with Crippen LogP contribution in [0.3, 0.4) is 0 Å². The minimum Gasteiger partial charge on any atom is -0.481 e. The number of aromatic nitrogens is 2. The molecule has 0 fully saturated rings. The Morgan fingerprint density at radius 1 is 1.50 bits per heavy atom. The number of hydrogen-bond acceptors (Lipinski definition) is 5. The van der Waals surface area contributed by atoms with Crippen molar-refractivity contribution in [1.82, 2.24) is 9.97 Å². The molecule has 98 valence electrons. The number of aliphatic carboxylic acids is 1. The number of hydrogen-bond donors (Lipinski definition) is 3. The van der Waals surface area contributed by atoms with Crippen molar-refractivity contribution in [3.63, 3.8) is 0 Å². The second-order valence-electron chi connectivity index (χ2n) is 3.36. The van der Waals surface area contributed by atoms with E-state index in [9.17, 15) is 9.59 Å². The summed E-state index contributed by atoms with van der Waals surface area (Å²) in [5.74, 6) is -1.27. The van der Waals surface area contributed by atoms with Crippen LogP contribution in [0.2, 0.25) is 0 Å².